The molecule has 3 aromatic rings. The second kappa shape index (κ2) is 6.39. The van der Waals surface area contributed by atoms with Crippen molar-refractivity contribution in [1.82, 2.24) is 34.4 Å². The molecule has 0 atom stereocenters. The third kappa shape index (κ3) is 2.96. The summed E-state index contributed by atoms with van der Waals surface area (Å²) in [5.41, 5.74) is 1.32. The van der Waals surface area contributed by atoms with Crippen molar-refractivity contribution < 1.29 is 4.79 Å². The van der Waals surface area contributed by atoms with Crippen molar-refractivity contribution in [3.8, 4) is 5.69 Å². The summed E-state index contributed by atoms with van der Waals surface area (Å²) < 4.78 is 3.63. The van der Waals surface area contributed by atoms with Crippen molar-refractivity contribution in [3.05, 3.63) is 54.6 Å². The van der Waals surface area contributed by atoms with Crippen molar-refractivity contribution in [2.45, 2.75) is 20.0 Å². The van der Waals surface area contributed by atoms with Crippen LogP contribution in [0.4, 0.5) is 0 Å². The topological polar surface area (TPSA) is 81.7 Å². The number of hydrogen-bond acceptors (Lipinski definition) is 5. The molecule has 0 spiro atoms. The average Bonchev–Trinajstić information content (AvgIpc) is 3.25. The zero-order chi connectivity index (χ0) is 16.2. The molecule has 118 valence electrons. The molecule has 8 nitrogen and oxygen atoms in total. The van der Waals surface area contributed by atoms with E-state index in [0.29, 0.717) is 12.1 Å². The summed E-state index contributed by atoms with van der Waals surface area (Å²) in [5, 5.41) is 15.5. The predicted molar refractivity (Wildman–Crippen MR) is 82.9 cm³/mol. The van der Waals surface area contributed by atoms with Crippen LogP contribution in [0.1, 0.15) is 23.1 Å². The molecule has 0 unspecified atom stereocenters. The number of carbonyl (C=O) groups excluding carboxylic acids is 1. The molecular weight excluding hydrogens is 294 g/mol. The van der Waals surface area contributed by atoms with Crippen molar-refractivity contribution in [2.75, 3.05) is 7.05 Å². The molecule has 0 aliphatic rings. The smallest absolute Gasteiger partial charge is 0.256 e. The fraction of sp³-hybridized carbons (Fsp3) is 0.267. The Bertz CT molecular complexity index is 794. The largest absolute Gasteiger partial charge is 0.334 e. The molecule has 3 rings (SSSR count). The Morgan fingerprint density at radius 2 is 1.87 bits per heavy atom. The van der Waals surface area contributed by atoms with Gasteiger partial charge in [-0.15, -0.1) is 20.4 Å². The van der Waals surface area contributed by atoms with E-state index in [9.17, 15) is 4.79 Å². The van der Waals surface area contributed by atoms with Gasteiger partial charge in [-0.25, -0.2) is 0 Å². The van der Waals surface area contributed by atoms with E-state index in [1.807, 2.05) is 29.7 Å². The maximum absolute atomic E-state index is 12.8. The normalized spacial score (nSPS) is 10.7. The van der Waals surface area contributed by atoms with Gasteiger partial charge < -0.3 is 9.47 Å². The lowest BCUT2D eigenvalue weighted by molar-refractivity contribution is 0.0780. The number of carbonyl (C=O) groups is 1. The van der Waals surface area contributed by atoms with Crippen molar-refractivity contribution >= 4 is 5.91 Å². The van der Waals surface area contributed by atoms with Gasteiger partial charge in [0.15, 0.2) is 5.82 Å². The lowest BCUT2D eigenvalue weighted by Crippen LogP contribution is -2.28. The average molecular weight is 311 g/mol. The highest BCUT2D eigenvalue weighted by atomic mass is 16.2. The second-order valence-corrected chi connectivity index (χ2v) is 5.08. The minimum Gasteiger partial charge on any atom is -0.334 e. The number of hydrogen-bond donors (Lipinski definition) is 0. The standard InChI is InChI=1S/C15H17N7O/c1-3-21-11-18-19-14(21)8-20(2)15(23)12-6-4-5-7-13(12)22-9-16-17-10-22/h4-7,9-11H,3,8H2,1-2H3. The molecule has 0 aliphatic carbocycles. The van der Waals surface area contributed by atoms with E-state index in [1.54, 1.807) is 41.6 Å². The summed E-state index contributed by atoms with van der Waals surface area (Å²) in [6, 6.07) is 7.36. The molecular formula is C15H17N7O. The molecule has 0 saturated heterocycles. The van der Waals surface area contributed by atoms with Gasteiger partial charge in [-0.1, -0.05) is 12.1 Å². The van der Waals surface area contributed by atoms with Crippen LogP contribution in [0.5, 0.6) is 0 Å². The highest BCUT2D eigenvalue weighted by Gasteiger charge is 2.18. The van der Waals surface area contributed by atoms with Gasteiger partial charge in [-0.3, -0.25) is 9.36 Å². The van der Waals surface area contributed by atoms with Gasteiger partial charge in [-0.2, -0.15) is 0 Å². The van der Waals surface area contributed by atoms with Crippen LogP contribution < -0.4 is 0 Å². The predicted octanol–water partition coefficient (Wildman–Crippen LogP) is 1.15. The summed E-state index contributed by atoms with van der Waals surface area (Å²) in [6.45, 7) is 3.17. The first kappa shape index (κ1) is 14.9. The van der Waals surface area contributed by atoms with Crippen LogP contribution in [0.15, 0.2) is 43.2 Å². The van der Waals surface area contributed by atoms with Crippen LogP contribution >= 0.6 is 0 Å². The van der Waals surface area contributed by atoms with Gasteiger partial charge in [0.25, 0.3) is 5.91 Å². The molecule has 2 aromatic heterocycles. The van der Waals surface area contributed by atoms with Crippen LogP contribution in [0.3, 0.4) is 0 Å². The highest BCUT2D eigenvalue weighted by Crippen LogP contribution is 2.16. The molecule has 23 heavy (non-hydrogen) atoms. The van der Waals surface area contributed by atoms with Crippen LogP contribution in [0, 0.1) is 0 Å². The molecule has 0 fully saturated rings. The van der Waals surface area contributed by atoms with E-state index in [1.165, 1.54) is 0 Å². The maximum Gasteiger partial charge on any atom is 0.256 e. The summed E-state index contributed by atoms with van der Waals surface area (Å²) in [7, 11) is 1.75. The zero-order valence-corrected chi connectivity index (χ0v) is 13.0. The van der Waals surface area contributed by atoms with Gasteiger partial charge in [0.05, 0.1) is 17.8 Å². The number of aromatic nitrogens is 6. The lowest BCUT2D eigenvalue weighted by Gasteiger charge is -2.18. The SMILES string of the molecule is CCn1cnnc1CN(C)C(=O)c1ccccc1-n1cnnc1. The lowest BCUT2D eigenvalue weighted by atomic mass is 10.1. The molecule has 0 aliphatic heterocycles. The fourth-order valence-corrected chi connectivity index (χ4v) is 2.36. The second-order valence-electron chi connectivity index (χ2n) is 5.08. The first-order chi connectivity index (χ1) is 11.2. The van der Waals surface area contributed by atoms with Gasteiger partial charge >= 0.3 is 0 Å². The highest BCUT2D eigenvalue weighted by molar-refractivity contribution is 5.97. The van der Waals surface area contributed by atoms with E-state index < -0.39 is 0 Å². The Hall–Kier alpha value is -3.03. The van der Waals surface area contributed by atoms with Crippen molar-refractivity contribution in [1.29, 1.82) is 0 Å². The monoisotopic (exact) mass is 311 g/mol. The molecule has 1 amide bonds. The van der Waals surface area contributed by atoms with E-state index in [2.05, 4.69) is 20.4 Å². The number of rotatable bonds is 5. The fourth-order valence-electron chi connectivity index (χ4n) is 2.36. The number of benzene rings is 1. The van der Waals surface area contributed by atoms with Gasteiger partial charge in [0.1, 0.15) is 19.0 Å². The van der Waals surface area contributed by atoms with Crippen molar-refractivity contribution in [3.63, 3.8) is 0 Å². The number of para-hydroxylation sites is 1. The number of aryl methyl sites for hydroxylation is 1. The molecule has 1 aromatic carbocycles. The van der Waals surface area contributed by atoms with E-state index >= 15 is 0 Å². The van der Waals surface area contributed by atoms with Crippen LogP contribution in [-0.4, -0.2) is 47.4 Å². The van der Waals surface area contributed by atoms with Crippen LogP contribution in [-0.2, 0) is 13.1 Å². The zero-order valence-electron chi connectivity index (χ0n) is 13.0. The Labute approximate surface area is 133 Å². The van der Waals surface area contributed by atoms with E-state index in [4.69, 9.17) is 0 Å². The third-order valence-corrected chi connectivity index (χ3v) is 3.59. The Balaban J connectivity index is 1.86. The molecule has 2 heterocycles. The minimum atomic E-state index is -0.0973. The van der Waals surface area contributed by atoms with Gasteiger partial charge in [0.2, 0.25) is 0 Å². The first-order valence-electron chi connectivity index (χ1n) is 7.27. The van der Waals surface area contributed by atoms with E-state index in [-0.39, 0.29) is 5.91 Å². The molecule has 0 bridgehead atoms. The Morgan fingerprint density at radius 1 is 1.13 bits per heavy atom. The molecule has 8 heteroatoms. The van der Waals surface area contributed by atoms with Crippen LogP contribution in [0.2, 0.25) is 0 Å². The van der Waals surface area contributed by atoms with Gasteiger partial charge in [-0.05, 0) is 19.1 Å². The molecule has 0 radical (unpaired) electrons. The molecule has 0 saturated carbocycles. The number of amides is 1. The Morgan fingerprint density at radius 3 is 2.61 bits per heavy atom. The minimum absolute atomic E-state index is 0.0973. The van der Waals surface area contributed by atoms with Crippen LogP contribution in [0.25, 0.3) is 5.69 Å². The summed E-state index contributed by atoms with van der Waals surface area (Å²) in [4.78, 5) is 14.4. The number of nitrogens with zero attached hydrogens (tertiary/aromatic N) is 7. The quantitative estimate of drug-likeness (QED) is 0.706. The van der Waals surface area contributed by atoms with Crippen molar-refractivity contribution in [2.24, 2.45) is 0 Å². The Kier molecular flexibility index (Phi) is 4.13. The van der Waals surface area contributed by atoms with E-state index in [0.717, 1.165) is 18.1 Å². The first-order valence-corrected chi connectivity index (χ1v) is 7.27. The third-order valence-electron chi connectivity index (χ3n) is 3.59. The van der Waals surface area contributed by atoms with Gasteiger partial charge in [0, 0.05) is 13.6 Å². The summed E-state index contributed by atoms with van der Waals surface area (Å²) in [6.07, 6.45) is 4.80. The summed E-state index contributed by atoms with van der Waals surface area (Å²) >= 11 is 0. The maximum atomic E-state index is 12.8. The summed E-state index contributed by atoms with van der Waals surface area (Å²) in [5.74, 6) is 0.657. The molecule has 0 N–H and O–H groups in total.